The van der Waals surface area contributed by atoms with Gasteiger partial charge in [0.05, 0.1) is 0 Å². The van der Waals surface area contributed by atoms with E-state index in [0.29, 0.717) is 5.56 Å². The normalized spacial score (nSPS) is 10.2. The van der Waals surface area contributed by atoms with Crippen molar-refractivity contribution < 1.29 is 4.79 Å². The summed E-state index contributed by atoms with van der Waals surface area (Å²) >= 11 is 0. The average Bonchev–Trinajstić information content (AvgIpc) is 2.34. The van der Waals surface area contributed by atoms with Crippen LogP contribution in [0, 0.1) is 20.8 Å². The van der Waals surface area contributed by atoms with E-state index in [4.69, 9.17) is 0 Å². The molecule has 0 fully saturated rings. The maximum Gasteiger partial charge on any atom is 0.255 e. The number of benzene rings is 1. The van der Waals surface area contributed by atoms with Crippen LogP contribution in [0.3, 0.4) is 0 Å². The lowest BCUT2D eigenvalue weighted by molar-refractivity contribution is 0.102. The Bertz CT molecular complexity index is 591. The Hall–Kier alpha value is -2.16. The maximum absolute atomic E-state index is 12.1. The molecule has 0 aliphatic carbocycles. The molecule has 92 valence electrons. The Morgan fingerprint density at radius 3 is 2.61 bits per heavy atom. The fourth-order valence-electron chi connectivity index (χ4n) is 1.75. The molecule has 2 aromatic rings. The molecular formula is C15H16N2O. The van der Waals surface area contributed by atoms with Gasteiger partial charge in [-0.25, -0.2) is 0 Å². The Morgan fingerprint density at radius 1 is 1.11 bits per heavy atom. The summed E-state index contributed by atoms with van der Waals surface area (Å²) in [5, 5.41) is 2.93. The zero-order chi connectivity index (χ0) is 13.1. The third-order valence-corrected chi connectivity index (χ3v) is 2.80. The van der Waals surface area contributed by atoms with Gasteiger partial charge in [0.15, 0.2) is 0 Å². The van der Waals surface area contributed by atoms with Gasteiger partial charge in [0.25, 0.3) is 5.91 Å². The summed E-state index contributed by atoms with van der Waals surface area (Å²) in [5.41, 5.74) is 4.50. The van der Waals surface area contributed by atoms with Gasteiger partial charge in [-0.2, -0.15) is 0 Å². The van der Waals surface area contributed by atoms with Crippen LogP contribution in [0.2, 0.25) is 0 Å². The number of hydrogen-bond acceptors (Lipinski definition) is 2. The molecule has 18 heavy (non-hydrogen) atoms. The minimum absolute atomic E-state index is 0.103. The number of hydrogen-bond donors (Lipinski definition) is 1. The third kappa shape index (κ3) is 2.74. The van der Waals surface area contributed by atoms with Crippen molar-refractivity contribution in [1.82, 2.24) is 4.98 Å². The van der Waals surface area contributed by atoms with E-state index in [9.17, 15) is 4.79 Å². The van der Waals surface area contributed by atoms with Crippen LogP contribution in [0.1, 0.15) is 27.2 Å². The van der Waals surface area contributed by atoms with Gasteiger partial charge in [-0.15, -0.1) is 0 Å². The summed E-state index contributed by atoms with van der Waals surface area (Å²) in [6.45, 7) is 5.85. The number of amides is 1. The highest BCUT2D eigenvalue weighted by Gasteiger charge is 2.08. The summed E-state index contributed by atoms with van der Waals surface area (Å²) in [6.07, 6.45) is 1.65. The molecule has 0 saturated carbocycles. The number of aryl methyl sites for hydroxylation is 3. The first-order valence-corrected chi connectivity index (χ1v) is 5.87. The second-order valence-electron chi connectivity index (χ2n) is 4.46. The van der Waals surface area contributed by atoms with Crippen molar-refractivity contribution in [2.45, 2.75) is 20.8 Å². The SMILES string of the molecule is Cc1ccc(C)c(NC(=O)c2ccnc(C)c2)c1. The average molecular weight is 240 g/mol. The molecule has 1 N–H and O–H groups in total. The highest BCUT2D eigenvalue weighted by molar-refractivity contribution is 6.04. The Kier molecular flexibility index (Phi) is 3.42. The first kappa shape index (κ1) is 12.3. The predicted octanol–water partition coefficient (Wildman–Crippen LogP) is 3.26. The molecule has 0 bridgehead atoms. The fraction of sp³-hybridized carbons (Fsp3) is 0.200. The van der Waals surface area contributed by atoms with Crippen LogP contribution < -0.4 is 5.32 Å². The van der Waals surface area contributed by atoms with Crippen LogP contribution in [-0.4, -0.2) is 10.9 Å². The van der Waals surface area contributed by atoms with Gasteiger partial charge in [-0.05, 0) is 50.1 Å². The van der Waals surface area contributed by atoms with E-state index in [2.05, 4.69) is 10.3 Å². The predicted molar refractivity (Wildman–Crippen MR) is 72.8 cm³/mol. The number of nitrogens with zero attached hydrogens (tertiary/aromatic N) is 1. The lowest BCUT2D eigenvalue weighted by atomic mass is 10.1. The van der Waals surface area contributed by atoms with Crippen molar-refractivity contribution in [3.8, 4) is 0 Å². The number of aromatic nitrogens is 1. The lowest BCUT2D eigenvalue weighted by Gasteiger charge is -2.09. The maximum atomic E-state index is 12.1. The van der Waals surface area contributed by atoms with Crippen molar-refractivity contribution in [1.29, 1.82) is 0 Å². The molecule has 3 heteroatoms. The second kappa shape index (κ2) is 5.00. The number of rotatable bonds is 2. The highest BCUT2D eigenvalue weighted by atomic mass is 16.1. The summed E-state index contributed by atoms with van der Waals surface area (Å²) in [4.78, 5) is 16.2. The first-order chi connectivity index (χ1) is 8.56. The van der Waals surface area contributed by atoms with Crippen molar-refractivity contribution in [3.63, 3.8) is 0 Å². The van der Waals surface area contributed by atoms with Crippen LogP contribution in [0.25, 0.3) is 0 Å². The van der Waals surface area contributed by atoms with Gasteiger partial charge in [0, 0.05) is 23.1 Å². The number of anilines is 1. The molecule has 0 unspecified atom stereocenters. The van der Waals surface area contributed by atoms with E-state index in [1.165, 1.54) is 0 Å². The molecule has 0 saturated heterocycles. The largest absolute Gasteiger partial charge is 0.322 e. The molecule has 0 aliphatic rings. The molecule has 0 aliphatic heterocycles. The van der Waals surface area contributed by atoms with E-state index in [1.54, 1.807) is 18.3 Å². The Labute approximate surface area is 107 Å². The number of nitrogens with one attached hydrogen (secondary N) is 1. The smallest absolute Gasteiger partial charge is 0.255 e. The Morgan fingerprint density at radius 2 is 1.89 bits per heavy atom. The first-order valence-electron chi connectivity index (χ1n) is 5.87. The second-order valence-corrected chi connectivity index (χ2v) is 4.46. The summed E-state index contributed by atoms with van der Waals surface area (Å²) < 4.78 is 0. The van der Waals surface area contributed by atoms with Gasteiger partial charge in [0.1, 0.15) is 0 Å². The minimum Gasteiger partial charge on any atom is -0.322 e. The van der Waals surface area contributed by atoms with Crippen LogP contribution >= 0.6 is 0 Å². The van der Waals surface area contributed by atoms with Gasteiger partial charge in [0.2, 0.25) is 0 Å². The van der Waals surface area contributed by atoms with Crippen LogP contribution in [0.4, 0.5) is 5.69 Å². The molecule has 1 aromatic heterocycles. The number of pyridine rings is 1. The summed E-state index contributed by atoms with van der Waals surface area (Å²) in [5.74, 6) is -0.103. The quantitative estimate of drug-likeness (QED) is 0.875. The zero-order valence-corrected chi connectivity index (χ0v) is 10.8. The molecular weight excluding hydrogens is 224 g/mol. The molecule has 0 atom stereocenters. The molecule has 1 amide bonds. The molecule has 1 heterocycles. The summed E-state index contributed by atoms with van der Waals surface area (Å²) in [7, 11) is 0. The van der Waals surface area contributed by atoms with E-state index in [-0.39, 0.29) is 5.91 Å². The van der Waals surface area contributed by atoms with Crippen LogP contribution in [0.15, 0.2) is 36.5 Å². The topological polar surface area (TPSA) is 42.0 Å². The standard InChI is InChI=1S/C15H16N2O/c1-10-4-5-11(2)14(8-10)17-15(18)13-6-7-16-12(3)9-13/h4-9H,1-3H3,(H,17,18). The van der Waals surface area contributed by atoms with Gasteiger partial charge < -0.3 is 5.32 Å². The van der Waals surface area contributed by atoms with Gasteiger partial charge in [-0.3, -0.25) is 9.78 Å². The van der Waals surface area contributed by atoms with E-state index in [0.717, 1.165) is 22.5 Å². The molecule has 2 rings (SSSR count). The van der Waals surface area contributed by atoms with Gasteiger partial charge in [-0.1, -0.05) is 12.1 Å². The third-order valence-electron chi connectivity index (χ3n) is 2.80. The van der Waals surface area contributed by atoms with Crippen molar-refractivity contribution in [2.75, 3.05) is 5.32 Å². The van der Waals surface area contributed by atoms with E-state index in [1.807, 2.05) is 39.0 Å². The Balaban J connectivity index is 2.24. The van der Waals surface area contributed by atoms with Crippen LogP contribution in [-0.2, 0) is 0 Å². The number of carbonyl (C=O) groups is 1. The minimum atomic E-state index is -0.103. The highest BCUT2D eigenvalue weighted by Crippen LogP contribution is 2.17. The zero-order valence-electron chi connectivity index (χ0n) is 10.8. The summed E-state index contributed by atoms with van der Waals surface area (Å²) in [6, 6.07) is 9.50. The monoisotopic (exact) mass is 240 g/mol. The molecule has 0 spiro atoms. The van der Waals surface area contributed by atoms with E-state index < -0.39 is 0 Å². The van der Waals surface area contributed by atoms with Crippen molar-refractivity contribution in [2.24, 2.45) is 0 Å². The van der Waals surface area contributed by atoms with Crippen LogP contribution in [0.5, 0.6) is 0 Å². The molecule has 1 aromatic carbocycles. The molecule has 0 radical (unpaired) electrons. The van der Waals surface area contributed by atoms with E-state index >= 15 is 0 Å². The fourth-order valence-corrected chi connectivity index (χ4v) is 1.75. The van der Waals surface area contributed by atoms with Gasteiger partial charge >= 0.3 is 0 Å². The lowest BCUT2D eigenvalue weighted by Crippen LogP contribution is -2.13. The molecule has 3 nitrogen and oxygen atoms in total. The van der Waals surface area contributed by atoms with Crippen molar-refractivity contribution in [3.05, 3.63) is 58.9 Å². The number of carbonyl (C=O) groups excluding carboxylic acids is 1. The van der Waals surface area contributed by atoms with Crippen molar-refractivity contribution >= 4 is 11.6 Å².